The number of nitrogens with zero attached hydrogens (tertiary/aromatic N) is 2. The highest BCUT2D eigenvalue weighted by atomic mass is 15.1. The van der Waals surface area contributed by atoms with Crippen LogP contribution in [0, 0.1) is 0 Å². The highest BCUT2D eigenvalue weighted by molar-refractivity contribution is 5.52. The molecule has 0 saturated heterocycles. The topological polar surface area (TPSA) is 8.81 Å². The number of unbranched alkanes of at least 4 members (excludes halogenated alkanes) is 6. The van der Waals surface area contributed by atoms with Gasteiger partial charge in [0.25, 0.3) is 5.82 Å². The predicted octanol–water partition coefficient (Wildman–Crippen LogP) is 5.60. The molecule has 0 atom stereocenters. The van der Waals surface area contributed by atoms with Crippen molar-refractivity contribution < 1.29 is 4.57 Å². The Bertz CT molecular complexity index is 542. The summed E-state index contributed by atoms with van der Waals surface area (Å²) >= 11 is 0. The van der Waals surface area contributed by atoms with Gasteiger partial charge >= 0.3 is 0 Å². The standard InChI is InChI=1S/C21H33N2/c1-3-5-7-8-9-13-17-23-19-18-22(16-6-4-2)21(23)20-14-11-10-12-15-20/h10-12,14-15,18-19H,3-9,13,16-17H2,1-2H3/q+1. The van der Waals surface area contributed by atoms with E-state index in [-0.39, 0.29) is 0 Å². The Morgan fingerprint density at radius 3 is 2.26 bits per heavy atom. The van der Waals surface area contributed by atoms with E-state index >= 15 is 0 Å². The molecule has 2 nitrogen and oxygen atoms in total. The maximum Gasteiger partial charge on any atom is 0.288 e. The van der Waals surface area contributed by atoms with Gasteiger partial charge in [-0.1, -0.05) is 64.2 Å². The van der Waals surface area contributed by atoms with E-state index in [4.69, 9.17) is 0 Å². The van der Waals surface area contributed by atoms with E-state index in [2.05, 4.69) is 65.7 Å². The van der Waals surface area contributed by atoms with Crippen molar-refractivity contribution in [3.05, 3.63) is 42.7 Å². The summed E-state index contributed by atoms with van der Waals surface area (Å²) in [4.78, 5) is 0. The van der Waals surface area contributed by atoms with Crippen LogP contribution in [0.25, 0.3) is 11.4 Å². The highest BCUT2D eigenvalue weighted by Gasteiger charge is 2.18. The molecule has 0 aliphatic rings. The van der Waals surface area contributed by atoms with Crippen molar-refractivity contribution in [2.75, 3.05) is 0 Å². The molecule has 0 radical (unpaired) electrons. The van der Waals surface area contributed by atoms with Crippen LogP contribution < -0.4 is 4.57 Å². The summed E-state index contributed by atoms with van der Waals surface area (Å²) in [5, 5.41) is 0. The highest BCUT2D eigenvalue weighted by Crippen LogP contribution is 2.17. The number of rotatable bonds is 11. The summed E-state index contributed by atoms with van der Waals surface area (Å²) in [7, 11) is 0. The van der Waals surface area contributed by atoms with Crippen molar-refractivity contribution in [2.24, 2.45) is 0 Å². The molecule has 23 heavy (non-hydrogen) atoms. The van der Waals surface area contributed by atoms with Gasteiger partial charge in [-0.2, -0.15) is 0 Å². The number of aryl methyl sites for hydroxylation is 2. The second-order valence-corrected chi connectivity index (χ2v) is 6.50. The molecular formula is C21H33N2+. The Morgan fingerprint density at radius 2 is 1.52 bits per heavy atom. The van der Waals surface area contributed by atoms with Gasteiger partial charge in [0.05, 0.1) is 18.7 Å². The molecule has 1 heterocycles. The van der Waals surface area contributed by atoms with E-state index in [0.717, 1.165) is 13.1 Å². The molecular weight excluding hydrogens is 280 g/mol. The van der Waals surface area contributed by atoms with Gasteiger partial charge in [0, 0.05) is 0 Å². The van der Waals surface area contributed by atoms with Gasteiger partial charge in [-0.3, -0.25) is 0 Å². The van der Waals surface area contributed by atoms with Gasteiger partial charge < -0.3 is 0 Å². The maximum atomic E-state index is 2.45. The van der Waals surface area contributed by atoms with E-state index in [1.165, 1.54) is 62.8 Å². The lowest BCUT2D eigenvalue weighted by molar-refractivity contribution is -0.686. The van der Waals surface area contributed by atoms with Gasteiger partial charge in [0.2, 0.25) is 0 Å². The minimum absolute atomic E-state index is 1.12. The quantitative estimate of drug-likeness (QED) is 0.377. The Morgan fingerprint density at radius 1 is 0.826 bits per heavy atom. The molecule has 2 heteroatoms. The van der Waals surface area contributed by atoms with E-state index in [9.17, 15) is 0 Å². The SMILES string of the molecule is CCCCCCCC[n+]1ccn(CCCC)c1-c1ccccc1. The van der Waals surface area contributed by atoms with Crippen LogP contribution in [0.5, 0.6) is 0 Å². The molecule has 0 aliphatic heterocycles. The monoisotopic (exact) mass is 313 g/mol. The molecule has 0 N–H and O–H groups in total. The van der Waals surface area contributed by atoms with E-state index in [1.807, 2.05) is 0 Å². The van der Waals surface area contributed by atoms with Crippen LogP contribution in [0.1, 0.15) is 65.2 Å². The molecule has 0 saturated carbocycles. The fourth-order valence-corrected chi connectivity index (χ4v) is 3.14. The second kappa shape index (κ2) is 10.3. The maximum absolute atomic E-state index is 2.45. The third-order valence-electron chi connectivity index (χ3n) is 4.51. The summed E-state index contributed by atoms with van der Waals surface area (Å²) in [5.74, 6) is 1.37. The molecule has 126 valence electrons. The molecule has 2 aromatic rings. The summed E-state index contributed by atoms with van der Waals surface area (Å²) in [6.45, 7) is 6.79. The largest absolute Gasteiger partial charge is 0.288 e. The number of hydrogen-bond donors (Lipinski definition) is 0. The van der Waals surface area contributed by atoms with Gasteiger partial charge in [-0.15, -0.1) is 0 Å². The van der Waals surface area contributed by atoms with E-state index in [1.54, 1.807) is 0 Å². The van der Waals surface area contributed by atoms with Crippen LogP contribution in [0.15, 0.2) is 42.7 Å². The molecule has 2 rings (SSSR count). The lowest BCUT2D eigenvalue weighted by Gasteiger charge is -2.06. The van der Waals surface area contributed by atoms with Crippen molar-refractivity contribution >= 4 is 0 Å². The first-order valence-electron chi connectivity index (χ1n) is 9.50. The van der Waals surface area contributed by atoms with Crippen LogP contribution in [0.2, 0.25) is 0 Å². The number of aromatic nitrogens is 2. The first-order valence-corrected chi connectivity index (χ1v) is 9.50. The van der Waals surface area contributed by atoms with Gasteiger partial charge in [-0.25, -0.2) is 9.13 Å². The smallest absolute Gasteiger partial charge is 0.230 e. The van der Waals surface area contributed by atoms with E-state index in [0.29, 0.717) is 0 Å². The van der Waals surface area contributed by atoms with Crippen molar-refractivity contribution in [1.82, 2.24) is 4.57 Å². The zero-order chi connectivity index (χ0) is 16.3. The van der Waals surface area contributed by atoms with Crippen molar-refractivity contribution in [1.29, 1.82) is 0 Å². The lowest BCUT2D eigenvalue weighted by Crippen LogP contribution is -2.34. The summed E-state index contributed by atoms with van der Waals surface area (Å²) in [6, 6.07) is 10.8. The Hall–Kier alpha value is -1.57. The summed E-state index contributed by atoms with van der Waals surface area (Å²) in [5.41, 5.74) is 1.33. The Labute approximate surface area is 142 Å². The summed E-state index contributed by atoms with van der Waals surface area (Å²) < 4.78 is 4.88. The predicted molar refractivity (Wildman–Crippen MR) is 98.3 cm³/mol. The first kappa shape index (κ1) is 17.8. The molecule has 0 fully saturated rings. The third kappa shape index (κ3) is 5.53. The normalized spacial score (nSPS) is 11.0. The Kier molecular flexibility index (Phi) is 7.92. The second-order valence-electron chi connectivity index (χ2n) is 6.50. The zero-order valence-corrected chi connectivity index (χ0v) is 15.0. The van der Waals surface area contributed by atoms with Gasteiger partial charge in [0.15, 0.2) is 0 Å². The molecule has 0 unspecified atom stereocenters. The molecule has 0 spiro atoms. The van der Waals surface area contributed by atoms with Crippen LogP contribution in [0.4, 0.5) is 0 Å². The van der Waals surface area contributed by atoms with Crippen LogP contribution in [-0.2, 0) is 13.1 Å². The number of hydrogen-bond acceptors (Lipinski definition) is 0. The van der Waals surface area contributed by atoms with E-state index < -0.39 is 0 Å². The van der Waals surface area contributed by atoms with Crippen molar-refractivity contribution in [3.8, 4) is 11.4 Å². The van der Waals surface area contributed by atoms with Crippen molar-refractivity contribution in [3.63, 3.8) is 0 Å². The fraction of sp³-hybridized carbons (Fsp3) is 0.571. The molecule has 0 aliphatic carbocycles. The first-order chi connectivity index (χ1) is 11.4. The molecule has 1 aromatic heterocycles. The summed E-state index contributed by atoms with van der Waals surface area (Å²) in [6.07, 6.45) is 15.1. The number of imidazole rings is 1. The molecule has 1 aromatic carbocycles. The minimum Gasteiger partial charge on any atom is -0.230 e. The Balaban J connectivity index is 2.02. The molecule has 0 bridgehead atoms. The average Bonchev–Trinajstić information content (AvgIpc) is 2.99. The third-order valence-corrected chi connectivity index (χ3v) is 4.51. The minimum atomic E-state index is 1.12. The van der Waals surface area contributed by atoms with Gasteiger partial charge in [-0.05, 0) is 31.4 Å². The average molecular weight is 314 g/mol. The number of benzene rings is 1. The fourth-order valence-electron chi connectivity index (χ4n) is 3.14. The van der Waals surface area contributed by atoms with Gasteiger partial charge in [0.1, 0.15) is 12.4 Å². The lowest BCUT2D eigenvalue weighted by atomic mass is 10.1. The zero-order valence-electron chi connectivity index (χ0n) is 15.0. The van der Waals surface area contributed by atoms with Crippen LogP contribution >= 0.6 is 0 Å². The van der Waals surface area contributed by atoms with Crippen LogP contribution in [0.3, 0.4) is 0 Å². The molecule has 0 amide bonds. The van der Waals surface area contributed by atoms with Crippen LogP contribution in [-0.4, -0.2) is 4.57 Å². The van der Waals surface area contributed by atoms with Crippen molar-refractivity contribution in [2.45, 2.75) is 78.3 Å².